The van der Waals surface area contributed by atoms with Gasteiger partial charge in [0.2, 0.25) is 0 Å². The molecular weight excluding hydrogens is 344 g/mol. The molecule has 5 nitrogen and oxygen atoms in total. The number of carbonyl (C=O) groups excluding carboxylic acids is 1. The second-order valence-corrected chi connectivity index (χ2v) is 7.00. The molecule has 0 bridgehead atoms. The molecule has 1 aromatic carbocycles. The molecule has 1 fully saturated rings. The van der Waals surface area contributed by atoms with Crippen molar-refractivity contribution in [2.24, 2.45) is 0 Å². The van der Waals surface area contributed by atoms with Gasteiger partial charge in [0.15, 0.2) is 17.3 Å². The fourth-order valence-corrected chi connectivity index (χ4v) is 4.20. The van der Waals surface area contributed by atoms with E-state index < -0.39 is 5.92 Å². The molecule has 1 atom stereocenters. The number of ether oxygens (including phenoxy) is 2. The summed E-state index contributed by atoms with van der Waals surface area (Å²) in [4.78, 5) is 17.4. The zero-order chi connectivity index (χ0) is 17.1. The summed E-state index contributed by atoms with van der Waals surface area (Å²) in [5.74, 6) is 0.647. The van der Waals surface area contributed by atoms with Gasteiger partial charge in [0.05, 0.1) is 23.7 Å². The van der Waals surface area contributed by atoms with E-state index in [0.717, 1.165) is 5.56 Å². The number of thioether (sulfide) groups is 1. The van der Waals surface area contributed by atoms with E-state index in [1.165, 1.54) is 23.1 Å². The summed E-state index contributed by atoms with van der Waals surface area (Å²) in [6.07, 6.45) is 3.45. The fraction of sp³-hybridized carbons (Fsp3) is 0.235. The third-order valence-electron chi connectivity index (χ3n) is 3.47. The molecule has 1 saturated heterocycles. The van der Waals surface area contributed by atoms with Gasteiger partial charge in [-0.1, -0.05) is 17.8 Å². The first-order valence-corrected chi connectivity index (χ1v) is 9.06. The van der Waals surface area contributed by atoms with Crippen LogP contribution in [0.25, 0.3) is 6.08 Å². The number of ketones is 1. The number of thiazole rings is 1. The lowest BCUT2D eigenvalue weighted by Gasteiger charge is -2.09. The van der Waals surface area contributed by atoms with Crippen molar-refractivity contribution < 1.29 is 14.3 Å². The number of nitrogens with one attached hydrogen (secondary N) is 1. The van der Waals surface area contributed by atoms with Crippen molar-refractivity contribution in [2.75, 3.05) is 13.7 Å². The van der Waals surface area contributed by atoms with Crippen molar-refractivity contribution in [1.82, 2.24) is 4.98 Å². The third-order valence-corrected chi connectivity index (χ3v) is 5.31. The predicted octanol–water partition coefficient (Wildman–Crippen LogP) is 3.97. The highest BCUT2D eigenvalue weighted by Gasteiger charge is 2.38. The van der Waals surface area contributed by atoms with Gasteiger partial charge in [-0.3, -0.25) is 10.2 Å². The largest absolute Gasteiger partial charge is 0.493 e. The highest BCUT2D eigenvalue weighted by Crippen LogP contribution is 2.41. The molecule has 1 aromatic heterocycles. The van der Waals surface area contributed by atoms with Crippen LogP contribution in [-0.4, -0.2) is 29.5 Å². The first-order valence-electron chi connectivity index (χ1n) is 7.36. The maximum Gasteiger partial charge on any atom is 0.186 e. The van der Waals surface area contributed by atoms with E-state index in [1.54, 1.807) is 19.4 Å². The summed E-state index contributed by atoms with van der Waals surface area (Å²) in [6, 6.07) is 5.51. The maximum absolute atomic E-state index is 12.6. The first-order chi connectivity index (χ1) is 11.6. The van der Waals surface area contributed by atoms with Crippen molar-refractivity contribution in [3.8, 4) is 11.5 Å². The number of nitrogens with zero attached hydrogens (tertiary/aromatic N) is 1. The van der Waals surface area contributed by atoms with Crippen LogP contribution in [0.3, 0.4) is 0 Å². The van der Waals surface area contributed by atoms with Crippen LogP contribution in [0.5, 0.6) is 11.5 Å². The Morgan fingerprint density at radius 2 is 2.21 bits per heavy atom. The summed E-state index contributed by atoms with van der Waals surface area (Å²) in [5.41, 5.74) is 0.836. The zero-order valence-electron chi connectivity index (χ0n) is 13.2. The van der Waals surface area contributed by atoms with E-state index in [9.17, 15) is 4.79 Å². The number of carbonyl (C=O) groups is 1. The maximum atomic E-state index is 12.6. The molecule has 2 heterocycles. The molecule has 1 unspecified atom stereocenters. The lowest BCUT2D eigenvalue weighted by molar-refractivity contribution is -0.114. The highest BCUT2D eigenvalue weighted by molar-refractivity contribution is 8.19. The molecule has 0 amide bonds. The molecule has 0 spiro atoms. The van der Waals surface area contributed by atoms with Crippen molar-refractivity contribution in [3.05, 3.63) is 45.3 Å². The van der Waals surface area contributed by atoms with Crippen LogP contribution in [0.2, 0.25) is 0 Å². The summed E-state index contributed by atoms with van der Waals surface area (Å²) in [5, 5.41) is 10.9. The second kappa shape index (κ2) is 7.19. The number of Topliss-reactive ketones (excluding diaryl/α,β-unsaturated/α-hetero) is 1. The van der Waals surface area contributed by atoms with Crippen LogP contribution < -0.4 is 9.47 Å². The number of rotatable bonds is 5. The Labute approximate surface area is 148 Å². The summed E-state index contributed by atoms with van der Waals surface area (Å²) in [7, 11) is 1.59. The fourth-order valence-electron chi connectivity index (χ4n) is 2.39. The van der Waals surface area contributed by atoms with Crippen molar-refractivity contribution >= 4 is 40.0 Å². The molecular formula is C17H16N2O3S2. The molecule has 0 radical (unpaired) electrons. The topological polar surface area (TPSA) is 72.3 Å². The van der Waals surface area contributed by atoms with Crippen LogP contribution in [0.1, 0.15) is 23.4 Å². The molecule has 1 aliphatic rings. The van der Waals surface area contributed by atoms with Crippen LogP contribution >= 0.6 is 23.1 Å². The summed E-state index contributed by atoms with van der Waals surface area (Å²) in [6.45, 7) is 2.43. The smallest absolute Gasteiger partial charge is 0.186 e. The van der Waals surface area contributed by atoms with E-state index in [4.69, 9.17) is 14.9 Å². The van der Waals surface area contributed by atoms with Gasteiger partial charge in [-0.15, -0.1) is 11.3 Å². The zero-order valence-corrected chi connectivity index (χ0v) is 14.9. The number of aromatic nitrogens is 1. The monoisotopic (exact) mass is 360 g/mol. The number of allylic oxidation sites excluding steroid dienone is 1. The minimum Gasteiger partial charge on any atom is -0.493 e. The van der Waals surface area contributed by atoms with Crippen LogP contribution in [0.15, 0.2) is 34.7 Å². The summed E-state index contributed by atoms with van der Waals surface area (Å²) < 4.78 is 10.8. The highest BCUT2D eigenvalue weighted by atomic mass is 32.2. The number of hydrogen-bond donors (Lipinski definition) is 1. The number of benzene rings is 1. The van der Waals surface area contributed by atoms with Gasteiger partial charge in [-0.25, -0.2) is 4.98 Å². The molecule has 0 aliphatic carbocycles. The standard InChI is InChI=1S/C17H16N2O3S2/c1-3-22-12-8-10(4-5-11(12)21-2)9-13-15(20)14(16(18)24-13)17-19-6-7-23-17/h4-9,14,18H,3H2,1-2H3. The van der Waals surface area contributed by atoms with Crippen molar-refractivity contribution in [1.29, 1.82) is 5.41 Å². The minimum atomic E-state index is -0.564. The Morgan fingerprint density at radius 3 is 2.88 bits per heavy atom. The normalized spacial score (nSPS) is 19.1. The van der Waals surface area contributed by atoms with Crippen LogP contribution in [0, 0.1) is 5.41 Å². The SMILES string of the molecule is CCOc1cc(C=C2SC(=N)C(c3nccs3)C2=O)ccc1OC. The van der Waals surface area contributed by atoms with Gasteiger partial charge in [0.25, 0.3) is 0 Å². The van der Waals surface area contributed by atoms with E-state index >= 15 is 0 Å². The first kappa shape index (κ1) is 16.7. The van der Waals surface area contributed by atoms with E-state index in [1.807, 2.05) is 30.5 Å². The Morgan fingerprint density at radius 1 is 1.38 bits per heavy atom. The van der Waals surface area contributed by atoms with Crippen molar-refractivity contribution in [3.63, 3.8) is 0 Å². The average molecular weight is 360 g/mol. The number of hydrogen-bond acceptors (Lipinski definition) is 7. The van der Waals surface area contributed by atoms with Gasteiger partial charge in [-0.2, -0.15) is 0 Å². The lowest BCUT2D eigenvalue weighted by atomic mass is 10.0. The molecule has 0 saturated carbocycles. The quantitative estimate of drug-likeness (QED) is 0.817. The molecule has 124 valence electrons. The molecule has 2 aromatic rings. The Kier molecular flexibility index (Phi) is 5.01. The molecule has 1 N–H and O–H groups in total. The minimum absolute atomic E-state index is 0.0753. The molecule has 3 rings (SSSR count). The lowest BCUT2D eigenvalue weighted by Crippen LogP contribution is -2.11. The van der Waals surface area contributed by atoms with Gasteiger partial charge in [0.1, 0.15) is 10.9 Å². The summed E-state index contributed by atoms with van der Waals surface area (Å²) >= 11 is 2.59. The Balaban J connectivity index is 1.90. The van der Waals surface area contributed by atoms with Gasteiger partial charge in [-0.05, 0) is 30.7 Å². The van der Waals surface area contributed by atoms with E-state index in [2.05, 4.69) is 4.98 Å². The van der Waals surface area contributed by atoms with Crippen molar-refractivity contribution in [2.45, 2.75) is 12.8 Å². The van der Waals surface area contributed by atoms with E-state index in [0.29, 0.717) is 33.1 Å². The molecule has 7 heteroatoms. The van der Waals surface area contributed by atoms with E-state index in [-0.39, 0.29) is 5.78 Å². The third kappa shape index (κ3) is 3.22. The molecule has 1 aliphatic heterocycles. The predicted molar refractivity (Wildman–Crippen MR) is 97.3 cm³/mol. The molecule has 24 heavy (non-hydrogen) atoms. The number of methoxy groups -OCH3 is 1. The van der Waals surface area contributed by atoms with Gasteiger partial charge >= 0.3 is 0 Å². The van der Waals surface area contributed by atoms with Crippen LogP contribution in [0.4, 0.5) is 0 Å². The Bertz CT molecular complexity index is 800. The van der Waals surface area contributed by atoms with Crippen LogP contribution in [-0.2, 0) is 4.79 Å². The average Bonchev–Trinajstić information content (AvgIpc) is 3.17. The van der Waals surface area contributed by atoms with Gasteiger partial charge < -0.3 is 9.47 Å². The second-order valence-electron chi connectivity index (χ2n) is 4.99. The Hall–Kier alpha value is -2.12. The van der Waals surface area contributed by atoms with Gasteiger partial charge in [0, 0.05) is 11.6 Å².